The predicted molar refractivity (Wildman–Crippen MR) is 77.9 cm³/mol. The van der Waals surface area contributed by atoms with E-state index in [-0.39, 0.29) is 0 Å². The number of thiophene rings is 1. The maximum Gasteiger partial charge on any atom is 0.171 e. The average molecular weight is 316 g/mol. The Kier molecular flexibility index (Phi) is 3.16. The molecule has 0 fully saturated rings. The van der Waals surface area contributed by atoms with Gasteiger partial charge in [0.15, 0.2) is 5.82 Å². The van der Waals surface area contributed by atoms with E-state index in [0.717, 1.165) is 15.8 Å². The maximum absolute atomic E-state index is 6.15. The maximum atomic E-state index is 6.15. The number of rotatable bonds is 1. The number of hydrogen-bond acceptors (Lipinski definition) is 3. The molecule has 0 saturated carbocycles. The molecule has 0 unspecified atom stereocenters. The topological polar surface area (TPSA) is 25.8 Å². The highest BCUT2D eigenvalue weighted by Gasteiger charge is 2.10. The zero-order valence-corrected chi connectivity index (χ0v) is 11.9. The zero-order valence-electron chi connectivity index (χ0n) is 8.82. The molecule has 90 valence electrons. The summed E-state index contributed by atoms with van der Waals surface area (Å²) in [6.07, 6.45) is 0. The first-order valence-corrected chi connectivity index (χ1v) is 6.97. The van der Waals surface area contributed by atoms with Crippen molar-refractivity contribution in [1.29, 1.82) is 0 Å². The van der Waals surface area contributed by atoms with E-state index >= 15 is 0 Å². The monoisotopic (exact) mass is 314 g/mol. The Morgan fingerprint density at radius 1 is 0.944 bits per heavy atom. The predicted octanol–water partition coefficient (Wildman–Crippen LogP) is 5.32. The summed E-state index contributed by atoms with van der Waals surface area (Å²) in [4.78, 5) is 9.61. The van der Waals surface area contributed by atoms with Gasteiger partial charge in [-0.1, -0.05) is 34.8 Å². The molecule has 2 nitrogen and oxygen atoms in total. The van der Waals surface area contributed by atoms with Gasteiger partial charge in [-0.15, -0.1) is 11.3 Å². The molecule has 3 aromatic rings. The largest absolute Gasteiger partial charge is 0.227 e. The van der Waals surface area contributed by atoms with Crippen LogP contribution in [0.15, 0.2) is 30.3 Å². The van der Waals surface area contributed by atoms with E-state index in [9.17, 15) is 0 Å². The quantitative estimate of drug-likeness (QED) is 0.568. The molecule has 18 heavy (non-hydrogen) atoms. The fourth-order valence-corrected chi connectivity index (χ4v) is 2.99. The summed E-state index contributed by atoms with van der Waals surface area (Å²) in [5.41, 5.74) is 0.724. The Hall–Kier alpha value is -0.870. The van der Waals surface area contributed by atoms with Crippen LogP contribution in [0.1, 0.15) is 0 Å². The molecule has 0 aliphatic rings. The number of hydrogen-bond donors (Lipinski definition) is 0. The number of benzene rings is 1. The molecule has 0 spiro atoms. The summed E-state index contributed by atoms with van der Waals surface area (Å²) >= 11 is 19.4. The second-order valence-electron chi connectivity index (χ2n) is 3.60. The normalized spacial score (nSPS) is 11.1. The van der Waals surface area contributed by atoms with Crippen LogP contribution in [0.2, 0.25) is 14.5 Å². The summed E-state index contributed by atoms with van der Waals surface area (Å²) in [5.74, 6) is 0.562. The first-order valence-electron chi connectivity index (χ1n) is 5.02. The van der Waals surface area contributed by atoms with Crippen molar-refractivity contribution < 1.29 is 0 Å². The summed E-state index contributed by atoms with van der Waals surface area (Å²) < 4.78 is 0.691. The lowest BCUT2D eigenvalue weighted by Crippen LogP contribution is -1.90. The molecule has 2 aromatic heterocycles. The van der Waals surface area contributed by atoms with Gasteiger partial charge in [-0.2, -0.15) is 0 Å². The van der Waals surface area contributed by atoms with Gasteiger partial charge in [0, 0.05) is 10.4 Å². The lowest BCUT2D eigenvalue weighted by atomic mass is 10.2. The zero-order chi connectivity index (χ0) is 12.7. The first-order chi connectivity index (χ1) is 8.63. The van der Waals surface area contributed by atoms with Crippen LogP contribution in [0.4, 0.5) is 0 Å². The molecule has 0 N–H and O–H groups in total. The summed E-state index contributed by atoms with van der Waals surface area (Å²) in [6.45, 7) is 0. The molecule has 0 aliphatic carbocycles. The standard InChI is InChI=1S/C12H5Cl3N2S/c13-6-1-2-7-8(5-6)16-12(17-11(7)15)9-3-4-10(14)18-9/h1-5H. The Labute approximate surface area is 122 Å². The number of aromatic nitrogens is 2. The van der Waals surface area contributed by atoms with Crippen LogP contribution in [0.25, 0.3) is 21.6 Å². The smallest absolute Gasteiger partial charge is 0.171 e. The second-order valence-corrected chi connectivity index (χ2v) is 6.11. The minimum Gasteiger partial charge on any atom is -0.227 e. The van der Waals surface area contributed by atoms with Crippen molar-refractivity contribution in [3.05, 3.63) is 44.8 Å². The summed E-state index contributed by atoms with van der Waals surface area (Å²) in [5, 5.41) is 1.82. The van der Waals surface area contributed by atoms with Crippen molar-refractivity contribution >= 4 is 57.0 Å². The molecule has 0 amide bonds. The number of halogens is 3. The van der Waals surface area contributed by atoms with Crippen molar-refractivity contribution in [3.63, 3.8) is 0 Å². The number of nitrogens with zero attached hydrogens (tertiary/aromatic N) is 2. The molecule has 3 rings (SSSR count). The Morgan fingerprint density at radius 2 is 1.78 bits per heavy atom. The Morgan fingerprint density at radius 3 is 2.50 bits per heavy atom. The van der Waals surface area contributed by atoms with Gasteiger partial charge in [-0.25, -0.2) is 9.97 Å². The SMILES string of the molecule is Clc1ccc2c(Cl)nc(-c3ccc(Cl)s3)nc2c1. The molecular formula is C12H5Cl3N2S. The van der Waals surface area contributed by atoms with Crippen molar-refractivity contribution in [1.82, 2.24) is 9.97 Å². The van der Waals surface area contributed by atoms with E-state index in [1.165, 1.54) is 11.3 Å². The van der Waals surface area contributed by atoms with Gasteiger partial charge in [0.05, 0.1) is 14.7 Å². The highest BCUT2D eigenvalue weighted by Crippen LogP contribution is 2.32. The molecule has 2 heterocycles. The van der Waals surface area contributed by atoms with Crippen LogP contribution in [-0.2, 0) is 0 Å². The van der Waals surface area contributed by atoms with E-state index in [2.05, 4.69) is 9.97 Å². The van der Waals surface area contributed by atoms with Crippen molar-refractivity contribution in [3.8, 4) is 10.7 Å². The third kappa shape index (κ3) is 2.19. The van der Waals surface area contributed by atoms with Gasteiger partial charge in [-0.3, -0.25) is 0 Å². The molecule has 0 bridgehead atoms. The highest BCUT2D eigenvalue weighted by molar-refractivity contribution is 7.19. The van der Waals surface area contributed by atoms with E-state index < -0.39 is 0 Å². The molecule has 6 heteroatoms. The van der Waals surface area contributed by atoms with E-state index in [1.807, 2.05) is 12.1 Å². The second kappa shape index (κ2) is 4.67. The van der Waals surface area contributed by atoms with Gasteiger partial charge in [0.1, 0.15) is 5.15 Å². The van der Waals surface area contributed by atoms with Gasteiger partial charge in [-0.05, 0) is 30.3 Å². The lowest BCUT2D eigenvalue weighted by molar-refractivity contribution is 1.24. The van der Waals surface area contributed by atoms with Crippen LogP contribution in [0, 0.1) is 0 Å². The fourth-order valence-electron chi connectivity index (χ4n) is 1.61. The molecule has 1 aromatic carbocycles. The molecule has 0 aliphatic heterocycles. The Bertz CT molecular complexity index is 739. The fraction of sp³-hybridized carbons (Fsp3) is 0. The van der Waals surface area contributed by atoms with E-state index in [0.29, 0.717) is 20.3 Å². The highest BCUT2D eigenvalue weighted by atomic mass is 35.5. The van der Waals surface area contributed by atoms with Crippen LogP contribution in [0.5, 0.6) is 0 Å². The van der Waals surface area contributed by atoms with Crippen molar-refractivity contribution in [2.45, 2.75) is 0 Å². The number of fused-ring (bicyclic) bond motifs is 1. The molecule has 0 saturated heterocycles. The molecular weight excluding hydrogens is 311 g/mol. The van der Waals surface area contributed by atoms with E-state index in [1.54, 1.807) is 18.2 Å². The molecule has 0 atom stereocenters. The van der Waals surface area contributed by atoms with Gasteiger partial charge >= 0.3 is 0 Å². The third-order valence-corrected chi connectivity index (χ3v) is 4.16. The van der Waals surface area contributed by atoms with Crippen LogP contribution in [-0.4, -0.2) is 9.97 Å². The van der Waals surface area contributed by atoms with Crippen molar-refractivity contribution in [2.24, 2.45) is 0 Å². The van der Waals surface area contributed by atoms with Crippen LogP contribution < -0.4 is 0 Å². The van der Waals surface area contributed by atoms with E-state index in [4.69, 9.17) is 34.8 Å². The van der Waals surface area contributed by atoms with Crippen LogP contribution >= 0.6 is 46.1 Å². The summed E-state index contributed by atoms with van der Waals surface area (Å²) in [6, 6.07) is 9.02. The lowest BCUT2D eigenvalue weighted by Gasteiger charge is -2.03. The third-order valence-electron chi connectivity index (χ3n) is 2.41. The van der Waals surface area contributed by atoms with Crippen molar-refractivity contribution in [2.75, 3.05) is 0 Å². The Balaban J connectivity index is 2.26. The average Bonchev–Trinajstić information content (AvgIpc) is 2.75. The summed E-state index contributed by atoms with van der Waals surface area (Å²) in [7, 11) is 0. The van der Waals surface area contributed by atoms with Gasteiger partial charge in [0.25, 0.3) is 0 Å². The van der Waals surface area contributed by atoms with Gasteiger partial charge in [0.2, 0.25) is 0 Å². The van der Waals surface area contributed by atoms with Gasteiger partial charge < -0.3 is 0 Å². The van der Waals surface area contributed by atoms with Crippen LogP contribution in [0.3, 0.4) is 0 Å². The molecule has 0 radical (unpaired) electrons. The minimum atomic E-state index is 0.413. The first kappa shape index (κ1) is 12.2. The minimum absolute atomic E-state index is 0.413.